The number of nitrogens with one attached hydrogen (secondary N) is 3. The molecule has 1 saturated heterocycles. The number of imide groups is 1. The van der Waals surface area contributed by atoms with Gasteiger partial charge in [-0.2, -0.15) is 0 Å². The maximum atomic E-state index is 11.8. The van der Waals surface area contributed by atoms with Gasteiger partial charge >= 0.3 is 0 Å². The Morgan fingerprint density at radius 1 is 1.22 bits per heavy atom. The smallest absolute Gasteiger partial charge is 0.245 e. The molecule has 3 N–H and O–H groups in total. The van der Waals surface area contributed by atoms with Crippen molar-refractivity contribution in [3.63, 3.8) is 0 Å². The van der Waals surface area contributed by atoms with Crippen LogP contribution in [0.3, 0.4) is 0 Å². The molecule has 10 heteroatoms. The number of amides is 4. The predicted molar refractivity (Wildman–Crippen MR) is 83.9 cm³/mol. The van der Waals surface area contributed by atoms with E-state index in [9.17, 15) is 19.2 Å². The van der Waals surface area contributed by atoms with E-state index in [1.54, 1.807) is 7.98 Å². The molecule has 0 aliphatic carbocycles. The molecule has 0 saturated carbocycles. The molecule has 0 aromatic carbocycles. The summed E-state index contributed by atoms with van der Waals surface area (Å²) in [6.07, 6.45) is 0.451. The predicted octanol–water partition coefficient (Wildman–Crippen LogP) is -3.09. The van der Waals surface area contributed by atoms with Crippen molar-refractivity contribution in [3.8, 4) is 0 Å². The number of rotatable bonds is 10. The number of nitrogens with zero attached hydrogens (tertiary/aromatic N) is 1. The number of hydrogen-bond acceptors (Lipinski definition) is 6. The second kappa shape index (κ2) is 9.96. The first kappa shape index (κ1) is 19.1. The topological polar surface area (TPSA) is 117 Å². The van der Waals surface area contributed by atoms with Crippen LogP contribution in [0.2, 0.25) is 0 Å². The number of ether oxygens (including phenoxy) is 1. The van der Waals surface area contributed by atoms with Gasteiger partial charge in [0.05, 0.1) is 19.1 Å². The molecule has 0 aromatic rings. The van der Waals surface area contributed by atoms with Gasteiger partial charge in [-0.3, -0.25) is 24.1 Å². The zero-order valence-electron chi connectivity index (χ0n) is 13.5. The van der Waals surface area contributed by atoms with E-state index in [0.29, 0.717) is 19.7 Å². The average molecular weight is 326 g/mol. The minimum Gasteiger partial charge on any atom is -0.384 e. The van der Waals surface area contributed by atoms with Gasteiger partial charge in [-0.05, 0) is 0 Å². The number of carbonyl (C=O) groups is 4. The van der Waals surface area contributed by atoms with Gasteiger partial charge in [-0.15, -0.1) is 0 Å². The third-order valence-corrected chi connectivity index (χ3v) is 3.46. The molecule has 0 spiro atoms. The van der Waals surface area contributed by atoms with Crippen molar-refractivity contribution in [2.24, 2.45) is 0 Å². The molecular weight excluding hydrogens is 303 g/mol. The van der Waals surface area contributed by atoms with Crippen molar-refractivity contribution >= 4 is 31.6 Å². The standard InChI is InChI=1S/C13H23BN4O5/c1-23-7-3-11(20)16-5-4-15-10(19)2-6-18-12(21)8-9(17-14)13(18)22/h9,17H,2-8,14H2,1H3,(H,15,19)(H,16,20). The van der Waals surface area contributed by atoms with E-state index in [4.69, 9.17) is 4.74 Å². The van der Waals surface area contributed by atoms with Crippen LogP contribution in [0.15, 0.2) is 0 Å². The molecule has 0 radical (unpaired) electrons. The van der Waals surface area contributed by atoms with E-state index in [-0.39, 0.29) is 49.4 Å². The molecule has 1 aliphatic heterocycles. The highest BCUT2D eigenvalue weighted by Gasteiger charge is 2.37. The van der Waals surface area contributed by atoms with Crippen LogP contribution in [0.5, 0.6) is 0 Å². The Morgan fingerprint density at radius 2 is 1.83 bits per heavy atom. The Labute approximate surface area is 135 Å². The molecule has 23 heavy (non-hydrogen) atoms. The maximum Gasteiger partial charge on any atom is 0.245 e. The Bertz CT molecular complexity index is 460. The monoisotopic (exact) mass is 326 g/mol. The first-order chi connectivity index (χ1) is 11.0. The molecule has 1 aliphatic rings. The molecule has 1 fully saturated rings. The molecule has 1 heterocycles. The highest BCUT2D eigenvalue weighted by molar-refractivity contribution is 6.12. The van der Waals surface area contributed by atoms with Crippen LogP contribution in [0, 0.1) is 0 Å². The molecule has 0 bridgehead atoms. The first-order valence-corrected chi connectivity index (χ1v) is 7.53. The van der Waals surface area contributed by atoms with E-state index in [2.05, 4.69) is 15.9 Å². The summed E-state index contributed by atoms with van der Waals surface area (Å²) in [4.78, 5) is 47.6. The fourth-order valence-corrected chi connectivity index (χ4v) is 2.13. The highest BCUT2D eigenvalue weighted by Crippen LogP contribution is 2.12. The van der Waals surface area contributed by atoms with Crippen molar-refractivity contribution < 1.29 is 23.9 Å². The fourth-order valence-electron chi connectivity index (χ4n) is 2.13. The van der Waals surface area contributed by atoms with Gasteiger partial charge in [-0.25, -0.2) is 0 Å². The lowest BCUT2D eigenvalue weighted by atomic mass is 10.2. The zero-order valence-corrected chi connectivity index (χ0v) is 13.5. The lowest BCUT2D eigenvalue weighted by Gasteiger charge is -2.14. The van der Waals surface area contributed by atoms with Gasteiger partial charge in [0.1, 0.15) is 0 Å². The number of likely N-dealkylation sites (tertiary alicyclic amines) is 1. The molecule has 1 rings (SSSR count). The van der Waals surface area contributed by atoms with Gasteiger partial charge < -0.3 is 20.6 Å². The van der Waals surface area contributed by atoms with Gasteiger partial charge in [0.25, 0.3) is 0 Å². The highest BCUT2D eigenvalue weighted by atomic mass is 16.5. The van der Waals surface area contributed by atoms with E-state index in [0.717, 1.165) is 4.90 Å². The quantitative estimate of drug-likeness (QED) is 0.223. The van der Waals surface area contributed by atoms with Crippen LogP contribution in [0.1, 0.15) is 19.3 Å². The first-order valence-electron chi connectivity index (χ1n) is 7.53. The summed E-state index contributed by atoms with van der Waals surface area (Å²) in [6.45, 7) is 1.03. The van der Waals surface area contributed by atoms with E-state index in [1.807, 2.05) is 0 Å². The molecule has 4 amide bonds. The second-order valence-corrected chi connectivity index (χ2v) is 5.12. The van der Waals surface area contributed by atoms with Crippen LogP contribution in [-0.4, -0.2) is 75.9 Å². The van der Waals surface area contributed by atoms with Crippen LogP contribution >= 0.6 is 0 Å². The molecule has 128 valence electrons. The van der Waals surface area contributed by atoms with Gasteiger partial charge in [-0.1, -0.05) is 0 Å². The summed E-state index contributed by atoms with van der Waals surface area (Å²) in [5, 5.41) is 8.03. The van der Waals surface area contributed by atoms with Crippen LogP contribution < -0.4 is 15.9 Å². The van der Waals surface area contributed by atoms with Crippen molar-refractivity contribution in [2.75, 3.05) is 33.4 Å². The van der Waals surface area contributed by atoms with Crippen LogP contribution in [-0.2, 0) is 23.9 Å². The molecule has 9 nitrogen and oxygen atoms in total. The molecular formula is C13H23BN4O5. The fraction of sp³-hybridized carbons (Fsp3) is 0.692. The maximum absolute atomic E-state index is 11.8. The van der Waals surface area contributed by atoms with Crippen molar-refractivity contribution in [3.05, 3.63) is 0 Å². The number of hydrogen-bond donors (Lipinski definition) is 3. The lowest BCUT2D eigenvalue weighted by molar-refractivity contribution is -0.139. The summed E-state index contributed by atoms with van der Waals surface area (Å²) < 4.78 is 4.78. The van der Waals surface area contributed by atoms with Gasteiger partial charge in [0.15, 0.2) is 7.98 Å². The Morgan fingerprint density at radius 3 is 2.35 bits per heavy atom. The molecule has 1 unspecified atom stereocenters. The molecule has 1 atom stereocenters. The third-order valence-electron chi connectivity index (χ3n) is 3.46. The minimum absolute atomic E-state index is 0.0472. The summed E-state index contributed by atoms with van der Waals surface area (Å²) >= 11 is 0. The zero-order chi connectivity index (χ0) is 17.2. The SMILES string of the molecule is BNC1CC(=O)N(CCC(=O)NCCNC(=O)CCOC)C1=O. The van der Waals surface area contributed by atoms with Gasteiger partial charge in [0.2, 0.25) is 23.6 Å². The summed E-state index contributed by atoms with van der Waals surface area (Å²) in [6, 6.07) is -0.493. The second-order valence-electron chi connectivity index (χ2n) is 5.12. The summed E-state index contributed by atoms with van der Waals surface area (Å²) in [5.41, 5.74) is 0. The van der Waals surface area contributed by atoms with Gasteiger partial charge in [0, 0.05) is 39.6 Å². The van der Waals surface area contributed by atoms with Crippen molar-refractivity contribution in [1.29, 1.82) is 0 Å². The average Bonchev–Trinajstić information content (AvgIpc) is 2.81. The van der Waals surface area contributed by atoms with E-state index >= 15 is 0 Å². The lowest BCUT2D eigenvalue weighted by Crippen LogP contribution is -2.40. The van der Waals surface area contributed by atoms with E-state index < -0.39 is 6.04 Å². The summed E-state index contributed by atoms with van der Waals surface area (Å²) in [7, 11) is 3.13. The number of methoxy groups -OCH3 is 1. The molecule has 0 aromatic heterocycles. The largest absolute Gasteiger partial charge is 0.384 e. The Hall–Kier alpha value is -1.94. The van der Waals surface area contributed by atoms with Crippen molar-refractivity contribution in [1.82, 2.24) is 20.8 Å². The number of carbonyl (C=O) groups excluding carboxylic acids is 4. The Balaban J connectivity index is 2.16. The third kappa shape index (κ3) is 6.37. The summed E-state index contributed by atoms with van der Waals surface area (Å²) in [5.74, 6) is -0.986. The van der Waals surface area contributed by atoms with E-state index in [1.165, 1.54) is 7.11 Å². The Kier molecular flexibility index (Phi) is 8.27. The normalized spacial score (nSPS) is 17.4. The van der Waals surface area contributed by atoms with Crippen molar-refractivity contribution in [2.45, 2.75) is 25.3 Å². The van der Waals surface area contributed by atoms with Crippen LogP contribution in [0.4, 0.5) is 0 Å². The minimum atomic E-state index is -0.493. The van der Waals surface area contributed by atoms with Crippen LogP contribution in [0.25, 0.3) is 0 Å².